The summed E-state index contributed by atoms with van der Waals surface area (Å²) in [7, 11) is 0. The molecule has 112 valence electrons. The Bertz CT molecular complexity index is 486. The SMILES string of the molecule is O=Cc1c(C(F)(F)F)cc(C(F)(F)F)cc1C(F)(F)F. The molecule has 1 rings (SSSR count). The van der Waals surface area contributed by atoms with Gasteiger partial charge in [0.15, 0.2) is 6.29 Å². The van der Waals surface area contributed by atoms with Crippen LogP contribution in [-0.2, 0) is 18.5 Å². The van der Waals surface area contributed by atoms with Crippen molar-refractivity contribution in [3.8, 4) is 0 Å². The number of aldehydes is 1. The second kappa shape index (κ2) is 4.67. The molecule has 0 aliphatic heterocycles. The zero-order valence-electron chi connectivity index (χ0n) is 9.04. The Morgan fingerprint density at radius 2 is 1.05 bits per heavy atom. The highest BCUT2D eigenvalue weighted by atomic mass is 19.4. The Balaban J connectivity index is 3.80. The highest BCUT2D eigenvalue weighted by molar-refractivity contribution is 5.81. The van der Waals surface area contributed by atoms with Crippen LogP contribution in [0.3, 0.4) is 0 Å². The topological polar surface area (TPSA) is 17.1 Å². The summed E-state index contributed by atoms with van der Waals surface area (Å²) in [6, 6.07) is -1.06. The number of benzene rings is 1. The largest absolute Gasteiger partial charge is 0.417 e. The molecule has 0 N–H and O–H groups in total. The van der Waals surface area contributed by atoms with Crippen molar-refractivity contribution in [2.24, 2.45) is 0 Å². The fraction of sp³-hybridized carbons (Fsp3) is 0.300. The molecule has 0 amide bonds. The van der Waals surface area contributed by atoms with Crippen molar-refractivity contribution in [3.05, 3.63) is 34.4 Å². The van der Waals surface area contributed by atoms with Crippen LogP contribution < -0.4 is 0 Å². The molecule has 20 heavy (non-hydrogen) atoms. The molecule has 0 aliphatic rings. The standard InChI is InChI=1S/C10H3F9O/c11-8(12,13)4-1-6(9(14,15)16)5(3-20)7(2-4)10(17,18)19/h1-3H. The summed E-state index contributed by atoms with van der Waals surface area (Å²) in [5.74, 6) is 0. The number of rotatable bonds is 1. The van der Waals surface area contributed by atoms with E-state index in [4.69, 9.17) is 0 Å². The van der Waals surface area contributed by atoms with Crippen LogP contribution in [0.4, 0.5) is 39.5 Å². The maximum atomic E-state index is 12.5. The molecule has 1 aromatic carbocycles. The van der Waals surface area contributed by atoms with Crippen LogP contribution in [0.25, 0.3) is 0 Å². The lowest BCUT2D eigenvalue weighted by molar-refractivity contribution is -0.148. The molecular weight excluding hydrogens is 307 g/mol. The van der Waals surface area contributed by atoms with Gasteiger partial charge in [-0.05, 0) is 12.1 Å². The Morgan fingerprint density at radius 3 is 1.25 bits per heavy atom. The van der Waals surface area contributed by atoms with Gasteiger partial charge in [-0.15, -0.1) is 0 Å². The molecule has 0 heterocycles. The Labute approximate surface area is 105 Å². The molecule has 0 fully saturated rings. The molecule has 0 aromatic heterocycles. The molecular formula is C10H3F9O. The van der Waals surface area contributed by atoms with Crippen LogP contribution in [0.15, 0.2) is 12.1 Å². The van der Waals surface area contributed by atoms with Crippen molar-refractivity contribution >= 4 is 6.29 Å². The monoisotopic (exact) mass is 310 g/mol. The van der Waals surface area contributed by atoms with E-state index in [2.05, 4.69) is 0 Å². The summed E-state index contributed by atoms with van der Waals surface area (Å²) in [6.45, 7) is 0. The molecule has 0 saturated carbocycles. The van der Waals surface area contributed by atoms with E-state index in [9.17, 15) is 44.3 Å². The van der Waals surface area contributed by atoms with Crippen molar-refractivity contribution in [3.63, 3.8) is 0 Å². The molecule has 1 nitrogen and oxygen atoms in total. The van der Waals surface area contributed by atoms with Crippen LogP contribution in [-0.4, -0.2) is 6.29 Å². The molecule has 0 radical (unpaired) electrons. The lowest BCUT2D eigenvalue weighted by Crippen LogP contribution is -2.19. The first-order valence-electron chi connectivity index (χ1n) is 4.63. The Kier molecular flexibility index (Phi) is 3.81. The van der Waals surface area contributed by atoms with Crippen molar-refractivity contribution in [2.75, 3.05) is 0 Å². The zero-order chi connectivity index (χ0) is 15.9. The fourth-order valence-corrected chi connectivity index (χ4v) is 1.41. The van der Waals surface area contributed by atoms with Gasteiger partial charge >= 0.3 is 18.5 Å². The molecule has 0 aliphatic carbocycles. The van der Waals surface area contributed by atoms with E-state index in [0.717, 1.165) is 0 Å². The van der Waals surface area contributed by atoms with Gasteiger partial charge in [0.2, 0.25) is 0 Å². The smallest absolute Gasteiger partial charge is 0.298 e. The van der Waals surface area contributed by atoms with Gasteiger partial charge < -0.3 is 0 Å². The van der Waals surface area contributed by atoms with E-state index in [1.165, 1.54) is 0 Å². The minimum absolute atomic E-state index is 0.529. The van der Waals surface area contributed by atoms with E-state index in [0.29, 0.717) is 0 Å². The van der Waals surface area contributed by atoms with Crippen LogP contribution >= 0.6 is 0 Å². The minimum atomic E-state index is -5.53. The van der Waals surface area contributed by atoms with Crippen LogP contribution in [0.5, 0.6) is 0 Å². The van der Waals surface area contributed by atoms with Gasteiger partial charge in [0.1, 0.15) is 0 Å². The lowest BCUT2D eigenvalue weighted by Gasteiger charge is -2.18. The third kappa shape index (κ3) is 3.23. The van der Waals surface area contributed by atoms with Gasteiger partial charge in [-0.3, -0.25) is 4.79 Å². The van der Waals surface area contributed by atoms with Crippen molar-refractivity contribution in [2.45, 2.75) is 18.5 Å². The number of halogens is 9. The van der Waals surface area contributed by atoms with E-state index in [1.54, 1.807) is 0 Å². The molecule has 0 bridgehead atoms. The first-order valence-corrected chi connectivity index (χ1v) is 4.63. The summed E-state index contributed by atoms with van der Waals surface area (Å²) >= 11 is 0. The van der Waals surface area contributed by atoms with Crippen LogP contribution in [0.1, 0.15) is 27.0 Å². The van der Waals surface area contributed by atoms with Gasteiger partial charge in [0, 0.05) is 5.56 Å². The molecule has 0 saturated heterocycles. The number of hydrogen-bond donors (Lipinski definition) is 0. The highest BCUT2D eigenvalue weighted by Crippen LogP contribution is 2.42. The Morgan fingerprint density at radius 1 is 0.700 bits per heavy atom. The van der Waals surface area contributed by atoms with Crippen LogP contribution in [0, 0.1) is 0 Å². The number of carbonyl (C=O) groups is 1. The average molecular weight is 310 g/mol. The molecule has 1 aromatic rings. The van der Waals surface area contributed by atoms with Gasteiger partial charge in [-0.2, -0.15) is 39.5 Å². The summed E-state index contributed by atoms with van der Waals surface area (Å²) < 4.78 is 112. The summed E-state index contributed by atoms with van der Waals surface area (Å²) in [5, 5.41) is 0. The number of hydrogen-bond acceptors (Lipinski definition) is 1. The maximum absolute atomic E-state index is 12.5. The van der Waals surface area contributed by atoms with E-state index < -0.39 is 59.2 Å². The predicted octanol–water partition coefficient (Wildman–Crippen LogP) is 4.56. The molecule has 0 spiro atoms. The third-order valence-electron chi connectivity index (χ3n) is 2.24. The normalized spacial score (nSPS) is 13.4. The second-order valence-corrected chi connectivity index (χ2v) is 3.60. The first-order chi connectivity index (χ1) is 8.78. The highest BCUT2D eigenvalue weighted by Gasteiger charge is 2.44. The first kappa shape index (κ1) is 16.3. The predicted molar refractivity (Wildman–Crippen MR) is 46.8 cm³/mol. The summed E-state index contributed by atoms with van der Waals surface area (Å²) in [6.07, 6.45) is -17.2. The van der Waals surface area contributed by atoms with Gasteiger partial charge in [0.05, 0.1) is 16.7 Å². The minimum Gasteiger partial charge on any atom is -0.298 e. The van der Waals surface area contributed by atoms with Crippen molar-refractivity contribution in [1.29, 1.82) is 0 Å². The lowest BCUT2D eigenvalue weighted by atomic mass is 9.97. The van der Waals surface area contributed by atoms with E-state index in [-0.39, 0.29) is 0 Å². The van der Waals surface area contributed by atoms with E-state index >= 15 is 0 Å². The number of alkyl halides is 9. The molecule has 0 unspecified atom stereocenters. The number of carbonyl (C=O) groups excluding carboxylic acids is 1. The molecule has 10 heteroatoms. The van der Waals surface area contributed by atoms with Crippen LogP contribution in [0.2, 0.25) is 0 Å². The molecule has 0 atom stereocenters. The third-order valence-corrected chi connectivity index (χ3v) is 2.24. The average Bonchev–Trinajstić information content (AvgIpc) is 2.23. The van der Waals surface area contributed by atoms with Crippen molar-refractivity contribution < 1.29 is 44.3 Å². The van der Waals surface area contributed by atoms with Gasteiger partial charge in [0.25, 0.3) is 0 Å². The summed E-state index contributed by atoms with van der Waals surface area (Å²) in [4.78, 5) is 10.4. The second-order valence-electron chi connectivity index (χ2n) is 3.60. The van der Waals surface area contributed by atoms with Gasteiger partial charge in [-0.1, -0.05) is 0 Å². The maximum Gasteiger partial charge on any atom is 0.417 e. The van der Waals surface area contributed by atoms with E-state index in [1.807, 2.05) is 0 Å². The summed E-state index contributed by atoms with van der Waals surface area (Å²) in [5.41, 5.74) is -8.58. The fourth-order valence-electron chi connectivity index (χ4n) is 1.41. The quantitative estimate of drug-likeness (QED) is 0.549. The zero-order valence-corrected chi connectivity index (χ0v) is 9.04. The van der Waals surface area contributed by atoms with Crippen molar-refractivity contribution in [1.82, 2.24) is 0 Å². The van der Waals surface area contributed by atoms with Gasteiger partial charge in [-0.25, -0.2) is 0 Å². The Hall–Kier alpha value is -1.74.